The molecular formula is C23H20N2O4S. The summed E-state index contributed by atoms with van der Waals surface area (Å²) in [5, 5.41) is 0. The van der Waals surface area contributed by atoms with Gasteiger partial charge in [-0.1, -0.05) is 41.7 Å². The number of carbonyl (C=O) groups excluding carboxylic acids is 1. The van der Waals surface area contributed by atoms with Crippen LogP contribution in [-0.4, -0.2) is 23.2 Å². The van der Waals surface area contributed by atoms with E-state index in [4.69, 9.17) is 14.5 Å². The number of Topliss-reactive ketones (excluding diaryl/α,β-unsaturated/α-hetero) is 1. The highest BCUT2D eigenvalue weighted by Gasteiger charge is 2.53. The Kier molecular flexibility index (Phi) is 4.18. The number of benzene rings is 2. The fourth-order valence-electron chi connectivity index (χ4n) is 4.44. The molecule has 7 heteroatoms. The predicted molar refractivity (Wildman–Crippen MR) is 114 cm³/mol. The second-order valence-corrected chi connectivity index (χ2v) is 8.69. The molecule has 0 saturated heterocycles. The topological polar surface area (TPSA) is 69.9 Å². The zero-order valence-corrected chi connectivity index (χ0v) is 17.6. The highest BCUT2D eigenvalue weighted by Crippen LogP contribution is 2.47. The van der Waals surface area contributed by atoms with E-state index in [2.05, 4.69) is 0 Å². The summed E-state index contributed by atoms with van der Waals surface area (Å²) in [4.78, 5) is 31.4. The lowest BCUT2D eigenvalue weighted by Gasteiger charge is -2.45. The van der Waals surface area contributed by atoms with Crippen LogP contribution in [0.1, 0.15) is 31.0 Å². The summed E-state index contributed by atoms with van der Waals surface area (Å²) in [6.45, 7) is 3.36. The smallest absolute Gasteiger partial charge is 0.270 e. The van der Waals surface area contributed by atoms with E-state index in [1.807, 2.05) is 61.5 Å². The number of fused-ring (bicyclic) bond motifs is 6. The molecule has 5 rings (SSSR count). The number of ether oxygens (including phenoxy) is 2. The molecule has 0 aliphatic carbocycles. The Morgan fingerprint density at radius 2 is 2.07 bits per heavy atom. The first kappa shape index (κ1) is 18.8. The molecule has 152 valence electrons. The van der Waals surface area contributed by atoms with E-state index in [0.29, 0.717) is 15.1 Å². The van der Waals surface area contributed by atoms with Crippen molar-refractivity contribution in [2.75, 3.05) is 7.11 Å². The first-order valence-corrected chi connectivity index (χ1v) is 10.5. The average molecular weight is 420 g/mol. The summed E-state index contributed by atoms with van der Waals surface area (Å²) in [6.07, 6.45) is 1.83. The van der Waals surface area contributed by atoms with Crippen LogP contribution < -0.4 is 24.4 Å². The van der Waals surface area contributed by atoms with E-state index < -0.39 is 17.7 Å². The molecule has 6 nitrogen and oxygen atoms in total. The molecule has 3 aromatic rings. The Bertz CT molecular complexity index is 1360. The van der Waals surface area contributed by atoms with Crippen molar-refractivity contribution >= 4 is 23.2 Å². The highest BCUT2D eigenvalue weighted by molar-refractivity contribution is 7.07. The second kappa shape index (κ2) is 6.67. The van der Waals surface area contributed by atoms with Gasteiger partial charge in [-0.15, -0.1) is 0 Å². The normalized spacial score (nSPS) is 24.3. The Morgan fingerprint density at radius 1 is 1.27 bits per heavy atom. The zero-order valence-electron chi connectivity index (χ0n) is 16.8. The minimum atomic E-state index is -1.05. The average Bonchev–Trinajstić information content (AvgIpc) is 3.01. The van der Waals surface area contributed by atoms with Gasteiger partial charge in [0.05, 0.1) is 17.7 Å². The number of rotatable bonds is 3. The van der Waals surface area contributed by atoms with Crippen LogP contribution in [0.3, 0.4) is 0 Å². The van der Waals surface area contributed by atoms with E-state index in [1.54, 1.807) is 11.7 Å². The number of ketones is 1. The second-order valence-electron chi connectivity index (χ2n) is 7.68. The lowest BCUT2D eigenvalue weighted by molar-refractivity contribution is -0.132. The maximum atomic E-state index is 13.5. The van der Waals surface area contributed by atoms with E-state index in [9.17, 15) is 9.59 Å². The van der Waals surface area contributed by atoms with Crippen molar-refractivity contribution in [2.24, 2.45) is 10.9 Å². The third kappa shape index (κ3) is 2.73. The number of carbonyl (C=O) groups is 1. The lowest BCUT2D eigenvalue weighted by atomic mass is 9.79. The van der Waals surface area contributed by atoms with Crippen molar-refractivity contribution < 1.29 is 14.3 Å². The van der Waals surface area contributed by atoms with Gasteiger partial charge in [0.2, 0.25) is 5.72 Å². The van der Waals surface area contributed by atoms with Gasteiger partial charge in [-0.05, 0) is 43.7 Å². The Hall–Kier alpha value is -3.19. The number of nitrogens with zero attached hydrogens (tertiary/aromatic N) is 2. The van der Waals surface area contributed by atoms with E-state index >= 15 is 0 Å². The summed E-state index contributed by atoms with van der Waals surface area (Å²) in [7, 11) is 1.61. The van der Waals surface area contributed by atoms with Crippen LogP contribution in [-0.2, 0) is 4.79 Å². The number of thiazole rings is 1. The van der Waals surface area contributed by atoms with Crippen molar-refractivity contribution in [3.8, 4) is 11.5 Å². The van der Waals surface area contributed by atoms with Gasteiger partial charge in [0.15, 0.2) is 4.80 Å². The largest absolute Gasteiger partial charge is 0.497 e. The monoisotopic (exact) mass is 420 g/mol. The Labute approximate surface area is 176 Å². The van der Waals surface area contributed by atoms with Crippen LogP contribution in [0.5, 0.6) is 11.5 Å². The predicted octanol–water partition coefficient (Wildman–Crippen LogP) is 2.28. The lowest BCUT2D eigenvalue weighted by Crippen LogP contribution is -2.58. The minimum absolute atomic E-state index is 0.0529. The van der Waals surface area contributed by atoms with Crippen molar-refractivity contribution in [3.05, 3.63) is 79.3 Å². The van der Waals surface area contributed by atoms with Gasteiger partial charge >= 0.3 is 0 Å². The molecule has 0 saturated carbocycles. The van der Waals surface area contributed by atoms with Crippen LogP contribution in [0.25, 0.3) is 6.08 Å². The summed E-state index contributed by atoms with van der Waals surface area (Å²) < 4.78 is 13.7. The Morgan fingerprint density at radius 3 is 2.83 bits per heavy atom. The van der Waals surface area contributed by atoms with Crippen molar-refractivity contribution in [3.63, 3.8) is 0 Å². The number of aromatic nitrogens is 1. The van der Waals surface area contributed by atoms with Crippen molar-refractivity contribution in [2.45, 2.75) is 25.6 Å². The number of methoxy groups -OCH3 is 1. The van der Waals surface area contributed by atoms with Gasteiger partial charge in [0.1, 0.15) is 23.2 Å². The maximum absolute atomic E-state index is 13.5. The number of hydrogen-bond donors (Lipinski definition) is 0. The summed E-state index contributed by atoms with van der Waals surface area (Å²) in [5.41, 5.74) is 0.491. The number of para-hydroxylation sites is 1. The van der Waals surface area contributed by atoms with Crippen LogP contribution in [0.4, 0.5) is 0 Å². The SMILES string of the molecule is COc1cccc(/C=c2\sc3n(c2=O)[C@H]2c4ccccc4O[C@@](C)(N=3)[C@H]2C(C)=O)c1. The minimum Gasteiger partial charge on any atom is -0.497 e. The van der Waals surface area contributed by atoms with Gasteiger partial charge in [-0.3, -0.25) is 14.2 Å². The van der Waals surface area contributed by atoms with Gasteiger partial charge < -0.3 is 9.47 Å². The van der Waals surface area contributed by atoms with Gasteiger partial charge in [-0.25, -0.2) is 4.99 Å². The van der Waals surface area contributed by atoms with Crippen LogP contribution >= 0.6 is 11.3 Å². The first-order valence-electron chi connectivity index (χ1n) is 9.67. The van der Waals surface area contributed by atoms with E-state index in [0.717, 1.165) is 16.9 Å². The van der Waals surface area contributed by atoms with E-state index in [1.165, 1.54) is 18.3 Å². The summed E-state index contributed by atoms with van der Waals surface area (Å²) in [6, 6.07) is 14.6. The molecule has 0 unspecified atom stereocenters. The van der Waals surface area contributed by atoms with Gasteiger partial charge in [0.25, 0.3) is 5.56 Å². The third-order valence-electron chi connectivity index (χ3n) is 5.71. The molecule has 30 heavy (non-hydrogen) atoms. The highest BCUT2D eigenvalue weighted by atomic mass is 32.1. The fourth-order valence-corrected chi connectivity index (χ4v) is 5.54. The van der Waals surface area contributed by atoms with E-state index in [-0.39, 0.29) is 11.3 Å². The van der Waals surface area contributed by atoms with Crippen molar-refractivity contribution in [1.82, 2.24) is 4.57 Å². The maximum Gasteiger partial charge on any atom is 0.270 e. The molecular weight excluding hydrogens is 400 g/mol. The molecule has 2 aliphatic heterocycles. The first-order chi connectivity index (χ1) is 14.4. The molecule has 3 heterocycles. The molecule has 3 atom stereocenters. The van der Waals surface area contributed by atoms with Crippen LogP contribution in [0.2, 0.25) is 0 Å². The third-order valence-corrected chi connectivity index (χ3v) is 6.69. The fraction of sp³-hybridized carbons (Fsp3) is 0.261. The standard InChI is InChI=1S/C23H20N2O4S/c1-13(26)19-20-16-9-4-5-10-17(16)29-23(19,2)24-22-25(20)21(27)18(30-22)12-14-7-6-8-15(11-14)28-3/h4-12,19-20H,1-3H3/b18-12-/t19-,20-,23+/m0/s1. The molecule has 0 spiro atoms. The zero-order chi connectivity index (χ0) is 21.0. The molecule has 0 fully saturated rings. The van der Waals surface area contributed by atoms with Crippen LogP contribution in [0, 0.1) is 5.92 Å². The molecule has 1 aromatic heterocycles. The number of hydrogen-bond acceptors (Lipinski definition) is 6. The molecule has 0 N–H and O–H groups in total. The molecule has 2 aliphatic rings. The Balaban J connectivity index is 1.78. The summed E-state index contributed by atoms with van der Waals surface area (Å²) in [5.74, 6) is 0.755. The molecule has 2 aromatic carbocycles. The molecule has 0 amide bonds. The molecule has 2 bridgehead atoms. The summed E-state index contributed by atoms with van der Waals surface area (Å²) >= 11 is 1.31. The van der Waals surface area contributed by atoms with Gasteiger partial charge in [-0.2, -0.15) is 0 Å². The van der Waals surface area contributed by atoms with Gasteiger partial charge in [0, 0.05) is 5.56 Å². The van der Waals surface area contributed by atoms with Crippen LogP contribution in [0.15, 0.2) is 58.3 Å². The molecule has 0 radical (unpaired) electrons. The van der Waals surface area contributed by atoms with Crippen molar-refractivity contribution in [1.29, 1.82) is 0 Å². The quantitative estimate of drug-likeness (QED) is 0.652.